The minimum atomic E-state index is -0.371. The summed E-state index contributed by atoms with van der Waals surface area (Å²) in [6.45, 7) is 3.39. The minimum Gasteiger partial charge on any atom is -0.445 e. The Morgan fingerprint density at radius 1 is 1.47 bits per heavy atom. The zero-order valence-corrected chi connectivity index (χ0v) is 11.3. The van der Waals surface area contributed by atoms with E-state index in [0.29, 0.717) is 13.2 Å². The largest absolute Gasteiger partial charge is 0.445 e. The first-order valence-corrected chi connectivity index (χ1v) is 6.80. The summed E-state index contributed by atoms with van der Waals surface area (Å²) < 4.78 is 5.30. The summed E-state index contributed by atoms with van der Waals surface area (Å²) in [4.78, 5) is 13.7. The Morgan fingerprint density at radius 3 is 2.89 bits per heavy atom. The maximum atomic E-state index is 12.0. The van der Waals surface area contributed by atoms with E-state index in [-0.39, 0.29) is 18.1 Å². The molecule has 1 saturated heterocycles. The van der Waals surface area contributed by atoms with Crippen LogP contribution in [0.4, 0.5) is 4.79 Å². The third-order valence-electron chi connectivity index (χ3n) is 3.60. The molecule has 1 amide bonds. The van der Waals surface area contributed by atoms with Crippen molar-refractivity contribution in [1.82, 2.24) is 4.90 Å². The number of aliphatic hydroxyl groups is 1. The molecule has 19 heavy (non-hydrogen) atoms. The van der Waals surface area contributed by atoms with E-state index in [1.807, 2.05) is 30.3 Å². The fourth-order valence-electron chi connectivity index (χ4n) is 2.38. The Hall–Kier alpha value is -1.55. The minimum absolute atomic E-state index is 0.165. The number of likely N-dealkylation sites (tertiary alicyclic amines) is 1. The SMILES string of the molecule is C[C@H](O)[C@@H]1CCCN(C(=O)OCc2ccccc2)C1. The van der Waals surface area contributed by atoms with Gasteiger partial charge in [-0.1, -0.05) is 30.3 Å². The van der Waals surface area contributed by atoms with E-state index in [1.54, 1.807) is 11.8 Å². The van der Waals surface area contributed by atoms with Crippen molar-refractivity contribution < 1.29 is 14.6 Å². The molecule has 0 unspecified atom stereocenters. The highest BCUT2D eigenvalue weighted by atomic mass is 16.6. The molecule has 1 fully saturated rings. The van der Waals surface area contributed by atoms with Gasteiger partial charge in [0.05, 0.1) is 6.10 Å². The van der Waals surface area contributed by atoms with Crippen molar-refractivity contribution in [2.45, 2.75) is 32.5 Å². The van der Waals surface area contributed by atoms with Gasteiger partial charge >= 0.3 is 6.09 Å². The highest BCUT2D eigenvalue weighted by Gasteiger charge is 2.27. The molecule has 1 N–H and O–H groups in total. The lowest BCUT2D eigenvalue weighted by Gasteiger charge is -2.33. The number of amides is 1. The molecule has 2 rings (SSSR count). The van der Waals surface area contributed by atoms with E-state index in [4.69, 9.17) is 4.74 Å². The molecule has 104 valence electrons. The first kappa shape index (κ1) is 13.9. The van der Waals surface area contributed by atoms with E-state index in [0.717, 1.165) is 24.9 Å². The smallest absolute Gasteiger partial charge is 0.410 e. The van der Waals surface area contributed by atoms with Crippen LogP contribution in [0.15, 0.2) is 30.3 Å². The van der Waals surface area contributed by atoms with Crippen LogP contribution in [-0.4, -0.2) is 35.3 Å². The summed E-state index contributed by atoms with van der Waals surface area (Å²) >= 11 is 0. The third kappa shape index (κ3) is 3.96. The van der Waals surface area contributed by atoms with E-state index in [9.17, 15) is 9.90 Å². The maximum Gasteiger partial charge on any atom is 0.410 e. The Kier molecular flexibility index (Phi) is 4.80. The molecule has 0 radical (unpaired) electrons. The van der Waals surface area contributed by atoms with Gasteiger partial charge in [-0.2, -0.15) is 0 Å². The quantitative estimate of drug-likeness (QED) is 0.911. The summed E-state index contributed by atoms with van der Waals surface area (Å²) in [5.41, 5.74) is 0.986. The topological polar surface area (TPSA) is 49.8 Å². The molecular formula is C15H21NO3. The number of aliphatic hydroxyl groups excluding tert-OH is 1. The Balaban J connectivity index is 1.83. The van der Waals surface area contributed by atoms with Crippen molar-refractivity contribution >= 4 is 6.09 Å². The molecule has 2 atom stereocenters. The summed E-state index contributed by atoms with van der Waals surface area (Å²) in [5.74, 6) is 0.165. The number of carbonyl (C=O) groups excluding carboxylic acids is 1. The van der Waals surface area contributed by atoms with Gasteiger partial charge in [-0.3, -0.25) is 0 Å². The monoisotopic (exact) mass is 263 g/mol. The normalized spacial score (nSPS) is 20.9. The van der Waals surface area contributed by atoms with Crippen LogP contribution >= 0.6 is 0 Å². The molecule has 1 aromatic carbocycles. The summed E-state index contributed by atoms with van der Waals surface area (Å²) in [6.07, 6.45) is 1.25. The second-order valence-electron chi connectivity index (χ2n) is 5.13. The molecule has 4 heteroatoms. The fraction of sp³-hybridized carbons (Fsp3) is 0.533. The molecule has 0 spiro atoms. The van der Waals surface area contributed by atoms with Gasteiger partial charge in [0.2, 0.25) is 0 Å². The number of carbonyl (C=O) groups is 1. The fourth-order valence-corrected chi connectivity index (χ4v) is 2.38. The average molecular weight is 263 g/mol. The highest BCUT2D eigenvalue weighted by molar-refractivity contribution is 5.67. The average Bonchev–Trinajstić information content (AvgIpc) is 2.46. The van der Waals surface area contributed by atoms with Gasteiger partial charge in [0, 0.05) is 19.0 Å². The van der Waals surface area contributed by atoms with Crippen LogP contribution in [0.25, 0.3) is 0 Å². The van der Waals surface area contributed by atoms with E-state index >= 15 is 0 Å². The van der Waals surface area contributed by atoms with Crippen molar-refractivity contribution in [2.24, 2.45) is 5.92 Å². The highest BCUT2D eigenvalue weighted by Crippen LogP contribution is 2.20. The standard InChI is InChI=1S/C15H21NO3/c1-12(17)14-8-5-9-16(10-14)15(18)19-11-13-6-3-2-4-7-13/h2-4,6-7,12,14,17H,5,8-11H2,1H3/t12-,14+/m0/s1. The number of ether oxygens (including phenoxy) is 1. The number of piperidine rings is 1. The van der Waals surface area contributed by atoms with Crippen LogP contribution < -0.4 is 0 Å². The van der Waals surface area contributed by atoms with E-state index < -0.39 is 0 Å². The molecule has 0 bridgehead atoms. The first-order chi connectivity index (χ1) is 9.16. The molecular weight excluding hydrogens is 242 g/mol. The number of nitrogens with zero attached hydrogens (tertiary/aromatic N) is 1. The zero-order chi connectivity index (χ0) is 13.7. The van der Waals surface area contributed by atoms with Gasteiger partial charge in [-0.15, -0.1) is 0 Å². The van der Waals surface area contributed by atoms with Gasteiger partial charge in [0.15, 0.2) is 0 Å². The molecule has 1 aliphatic heterocycles. The van der Waals surface area contributed by atoms with Gasteiger partial charge in [-0.25, -0.2) is 4.79 Å². The van der Waals surface area contributed by atoms with Crippen molar-refractivity contribution in [3.63, 3.8) is 0 Å². The lowest BCUT2D eigenvalue weighted by molar-refractivity contribution is 0.0450. The molecule has 0 aromatic heterocycles. The van der Waals surface area contributed by atoms with Crippen LogP contribution in [-0.2, 0) is 11.3 Å². The van der Waals surface area contributed by atoms with Crippen LogP contribution in [0, 0.1) is 5.92 Å². The molecule has 0 saturated carbocycles. The molecule has 1 aliphatic rings. The first-order valence-electron chi connectivity index (χ1n) is 6.80. The van der Waals surface area contributed by atoms with Crippen molar-refractivity contribution in [1.29, 1.82) is 0 Å². The number of hydrogen-bond donors (Lipinski definition) is 1. The lowest BCUT2D eigenvalue weighted by atomic mass is 9.94. The van der Waals surface area contributed by atoms with Crippen molar-refractivity contribution in [3.8, 4) is 0 Å². The molecule has 4 nitrogen and oxygen atoms in total. The molecule has 1 aromatic rings. The second kappa shape index (κ2) is 6.57. The Morgan fingerprint density at radius 2 is 2.21 bits per heavy atom. The van der Waals surface area contributed by atoms with Crippen LogP contribution in [0.2, 0.25) is 0 Å². The van der Waals surface area contributed by atoms with Gasteiger partial charge in [0.1, 0.15) is 6.61 Å². The Labute approximate surface area is 114 Å². The van der Waals surface area contributed by atoms with Crippen molar-refractivity contribution in [2.75, 3.05) is 13.1 Å². The van der Waals surface area contributed by atoms with Crippen molar-refractivity contribution in [3.05, 3.63) is 35.9 Å². The second-order valence-corrected chi connectivity index (χ2v) is 5.13. The van der Waals surface area contributed by atoms with Gasteiger partial charge in [-0.05, 0) is 25.3 Å². The third-order valence-corrected chi connectivity index (χ3v) is 3.60. The predicted molar refractivity (Wildman–Crippen MR) is 72.6 cm³/mol. The molecule has 1 heterocycles. The number of hydrogen-bond acceptors (Lipinski definition) is 3. The number of rotatable bonds is 3. The predicted octanol–water partition coefficient (Wildman–Crippen LogP) is 2.42. The zero-order valence-electron chi connectivity index (χ0n) is 11.3. The van der Waals surface area contributed by atoms with Gasteiger partial charge in [0.25, 0.3) is 0 Å². The number of benzene rings is 1. The van der Waals surface area contributed by atoms with Crippen LogP contribution in [0.5, 0.6) is 0 Å². The Bertz CT molecular complexity index is 405. The summed E-state index contributed by atoms with van der Waals surface area (Å²) in [7, 11) is 0. The summed E-state index contributed by atoms with van der Waals surface area (Å²) in [6, 6.07) is 9.65. The van der Waals surface area contributed by atoms with E-state index in [1.165, 1.54) is 0 Å². The van der Waals surface area contributed by atoms with Crippen LogP contribution in [0.1, 0.15) is 25.3 Å². The maximum absolute atomic E-state index is 12.0. The summed E-state index contributed by atoms with van der Waals surface area (Å²) in [5, 5.41) is 9.61. The van der Waals surface area contributed by atoms with Crippen LogP contribution in [0.3, 0.4) is 0 Å². The molecule has 0 aliphatic carbocycles. The van der Waals surface area contributed by atoms with Gasteiger partial charge < -0.3 is 14.7 Å². The lowest BCUT2D eigenvalue weighted by Crippen LogP contribution is -2.43. The van der Waals surface area contributed by atoms with E-state index in [2.05, 4.69) is 0 Å².